The van der Waals surface area contributed by atoms with Gasteiger partial charge in [-0.2, -0.15) is 0 Å². The first-order chi connectivity index (χ1) is 9.06. The maximum absolute atomic E-state index is 12.0. The van der Waals surface area contributed by atoms with E-state index in [0.717, 1.165) is 24.0 Å². The van der Waals surface area contributed by atoms with Gasteiger partial charge >= 0.3 is 5.97 Å². The highest BCUT2D eigenvalue weighted by Gasteiger charge is 2.12. The molecule has 0 aromatic heterocycles. The van der Waals surface area contributed by atoms with Crippen molar-refractivity contribution in [2.75, 3.05) is 6.61 Å². The molecule has 0 aliphatic rings. The van der Waals surface area contributed by atoms with E-state index >= 15 is 0 Å². The van der Waals surface area contributed by atoms with Crippen LogP contribution in [0.2, 0.25) is 0 Å². The van der Waals surface area contributed by atoms with E-state index in [1.165, 1.54) is 0 Å². The van der Waals surface area contributed by atoms with Crippen LogP contribution < -0.4 is 0 Å². The van der Waals surface area contributed by atoms with Gasteiger partial charge < -0.3 is 4.74 Å². The second-order valence-corrected chi connectivity index (χ2v) is 4.74. The van der Waals surface area contributed by atoms with E-state index in [1.54, 1.807) is 0 Å². The number of ketones is 1. The van der Waals surface area contributed by atoms with Crippen LogP contribution in [0.15, 0.2) is 18.2 Å². The van der Waals surface area contributed by atoms with E-state index in [2.05, 4.69) is 0 Å². The molecule has 3 nitrogen and oxygen atoms in total. The Kier molecular flexibility index (Phi) is 6.26. The lowest BCUT2D eigenvalue weighted by atomic mass is 9.98. The summed E-state index contributed by atoms with van der Waals surface area (Å²) < 4.78 is 5.03. The second kappa shape index (κ2) is 7.72. The fourth-order valence-corrected chi connectivity index (χ4v) is 1.81. The highest BCUT2D eigenvalue weighted by molar-refractivity contribution is 5.99. The van der Waals surface area contributed by atoms with Crippen molar-refractivity contribution in [2.24, 2.45) is 0 Å². The fourth-order valence-electron chi connectivity index (χ4n) is 1.81. The van der Waals surface area contributed by atoms with Gasteiger partial charge in [-0.3, -0.25) is 9.59 Å². The number of carbonyl (C=O) groups is 2. The summed E-state index contributed by atoms with van der Waals surface area (Å²) in [5, 5.41) is 0. The SMILES string of the molecule is CCCCOC(=O)CCC(=O)c1cccc(C)c1C. The molecule has 19 heavy (non-hydrogen) atoms. The molecule has 1 aromatic rings. The Hall–Kier alpha value is -1.64. The highest BCUT2D eigenvalue weighted by Crippen LogP contribution is 2.15. The zero-order valence-corrected chi connectivity index (χ0v) is 12.0. The molecular formula is C16H22O3. The van der Waals surface area contributed by atoms with Crippen LogP contribution in [0, 0.1) is 13.8 Å². The van der Waals surface area contributed by atoms with Gasteiger partial charge in [0.15, 0.2) is 5.78 Å². The molecule has 0 N–H and O–H groups in total. The first-order valence-corrected chi connectivity index (χ1v) is 6.81. The van der Waals surface area contributed by atoms with Crippen LogP contribution in [0.4, 0.5) is 0 Å². The molecule has 0 fully saturated rings. The lowest BCUT2D eigenvalue weighted by molar-refractivity contribution is -0.143. The molecule has 1 rings (SSSR count). The van der Waals surface area contributed by atoms with Gasteiger partial charge in [0.2, 0.25) is 0 Å². The summed E-state index contributed by atoms with van der Waals surface area (Å²) in [4.78, 5) is 23.5. The topological polar surface area (TPSA) is 43.4 Å². The number of hydrogen-bond acceptors (Lipinski definition) is 3. The van der Waals surface area contributed by atoms with Crippen molar-refractivity contribution in [3.8, 4) is 0 Å². The van der Waals surface area contributed by atoms with Crippen molar-refractivity contribution in [2.45, 2.75) is 46.5 Å². The van der Waals surface area contributed by atoms with Gasteiger partial charge in [-0.15, -0.1) is 0 Å². The van der Waals surface area contributed by atoms with E-state index in [9.17, 15) is 9.59 Å². The zero-order valence-electron chi connectivity index (χ0n) is 12.0. The van der Waals surface area contributed by atoms with Crippen molar-refractivity contribution in [1.82, 2.24) is 0 Å². The van der Waals surface area contributed by atoms with Gasteiger partial charge in [0.1, 0.15) is 0 Å². The summed E-state index contributed by atoms with van der Waals surface area (Å²) in [6, 6.07) is 5.66. The Labute approximate surface area is 115 Å². The van der Waals surface area contributed by atoms with Crippen LogP contribution in [-0.2, 0) is 9.53 Å². The standard InChI is InChI=1S/C16H22O3/c1-4-5-11-19-16(18)10-9-15(17)14-8-6-7-12(2)13(14)3/h6-8H,4-5,9-11H2,1-3H3. The first kappa shape index (κ1) is 15.4. The summed E-state index contributed by atoms with van der Waals surface area (Å²) in [5.41, 5.74) is 2.80. The van der Waals surface area contributed by atoms with Crippen LogP contribution in [0.1, 0.15) is 54.1 Å². The van der Waals surface area contributed by atoms with E-state index < -0.39 is 0 Å². The third kappa shape index (κ3) is 4.86. The van der Waals surface area contributed by atoms with Gasteiger partial charge in [-0.1, -0.05) is 31.5 Å². The van der Waals surface area contributed by atoms with Crippen LogP contribution in [0.3, 0.4) is 0 Å². The van der Waals surface area contributed by atoms with Crippen LogP contribution in [0.25, 0.3) is 0 Å². The number of Topliss-reactive ketones (excluding diaryl/α,β-unsaturated/α-hetero) is 1. The Morgan fingerprint density at radius 2 is 1.89 bits per heavy atom. The maximum Gasteiger partial charge on any atom is 0.306 e. The van der Waals surface area contributed by atoms with E-state index in [1.807, 2.05) is 39.0 Å². The Morgan fingerprint density at radius 1 is 1.16 bits per heavy atom. The van der Waals surface area contributed by atoms with Gasteiger partial charge in [-0.25, -0.2) is 0 Å². The minimum Gasteiger partial charge on any atom is -0.466 e. The summed E-state index contributed by atoms with van der Waals surface area (Å²) >= 11 is 0. The van der Waals surface area contributed by atoms with Crippen LogP contribution >= 0.6 is 0 Å². The molecule has 0 heterocycles. The quantitative estimate of drug-likeness (QED) is 0.428. The number of unbranched alkanes of at least 4 members (excludes halogenated alkanes) is 1. The summed E-state index contributed by atoms with van der Waals surface area (Å²) in [6.07, 6.45) is 2.25. The molecule has 104 valence electrons. The van der Waals surface area contributed by atoms with Gasteiger partial charge in [-0.05, 0) is 31.4 Å². The lowest BCUT2D eigenvalue weighted by Gasteiger charge is -2.07. The predicted molar refractivity (Wildman–Crippen MR) is 75.3 cm³/mol. The molecule has 0 atom stereocenters. The van der Waals surface area contributed by atoms with Gasteiger partial charge in [0.05, 0.1) is 13.0 Å². The predicted octanol–water partition coefficient (Wildman–Crippen LogP) is 3.61. The summed E-state index contributed by atoms with van der Waals surface area (Å²) in [6.45, 7) is 6.40. The van der Waals surface area contributed by atoms with Crippen LogP contribution in [-0.4, -0.2) is 18.4 Å². The molecule has 0 spiro atoms. The van der Waals surface area contributed by atoms with Gasteiger partial charge in [0.25, 0.3) is 0 Å². The Bertz CT molecular complexity index is 449. The average molecular weight is 262 g/mol. The smallest absolute Gasteiger partial charge is 0.306 e. The number of benzene rings is 1. The van der Waals surface area contributed by atoms with Crippen molar-refractivity contribution in [3.05, 3.63) is 34.9 Å². The second-order valence-electron chi connectivity index (χ2n) is 4.74. The molecule has 0 aliphatic carbocycles. The number of ether oxygens (including phenoxy) is 1. The van der Waals surface area contributed by atoms with Crippen molar-refractivity contribution in [1.29, 1.82) is 0 Å². The molecule has 1 aromatic carbocycles. The number of aryl methyl sites for hydroxylation is 1. The number of esters is 1. The lowest BCUT2D eigenvalue weighted by Crippen LogP contribution is -2.10. The molecule has 0 unspecified atom stereocenters. The first-order valence-electron chi connectivity index (χ1n) is 6.81. The average Bonchev–Trinajstić information content (AvgIpc) is 2.39. The number of hydrogen-bond donors (Lipinski definition) is 0. The van der Waals surface area contributed by atoms with E-state index in [4.69, 9.17) is 4.74 Å². The van der Waals surface area contributed by atoms with E-state index in [0.29, 0.717) is 12.2 Å². The highest BCUT2D eigenvalue weighted by atomic mass is 16.5. The maximum atomic E-state index is 12.0. The van der Waals surface area contributed by atoms with Crippen molar-refractivity contribution < 1.29 is 14.3 Å². The molecule has 3 heteroatoms. The normalized spacial score (nSPS) is 10.3. The fraction of sp³-hybridized carbons (Fsp3) is 0.500. The third-order valence-electron chi connectivity index (χ3n) is 3.22. The minimum absolute atomic E-state index is 0.00800. The molecule has 0 saturated carbocycles. The Morgan fingerprint density at radius 3 is 2.58 bits per heavy atom. The summed E-state index contributed by atoms with van der Waals surface area (Å²) in [7, 11) is 0. The molecule has 0 amide bonds. The molecule has 0 radical (unpaired) electrons. The molecular weight excluding hydrogens is 240 g/mol. The van der Waals surface area contributed by atoms with E-state index in [-0.39, 0.29) is 24.6 Å². The van der Waals surface area contributed by atoms with Gasteiger partial charge in [0, 0.05) is 12.0 Å². The monoisotopic (exact) mass is 262 g/mol. The zero-order chi connectivity index (χ0) is 14.3. The number of carbonyl (C=O) groups excluding carboxylic acids is 2. The third-order valence-corrected chi connectivity index (χ3v) is 3.22. The van der Waals surface area contributed by atoms with Crippen molar-refractivity contribution in [3.63, 3.8) is 0 Å². The largest absolute Gasteiger partial charge is 0.466 e. The number of rotatable bonds is 7. The molecule has 0 aliphatic heterocycles. The van der Waals surface area contributed by atoms with Crippen LogP contribution in [0.5, 0.6) is 0 Å². The summed E-state index contributed by atoms with van der Waals surface area (Å²) in [5.74, 6) is -0.277. The van der Waals surface area contributed by atoms with Crippen molar-refractivity contribution >= 4 is 11.8 Å². The molecule has 0 saturated heterocycles. The Balaban J connectivity index is 2.47. The minimum atomic E-state index is -0.285. The molecule has 0 bridgehead atoms.